The molecule has 6 nitrogen and oxygen atoms in total. The first-order valence-corrected chi connectivity index (χ1v) is 8.43. The van der Waals surface area contributed by atoms with Crippen molar-refractivity contribution in [2.75, 3.05) is 11.9 Å². The summed E-state index contributed by atoms with van der Waals surface area (Å²) >= 11 is 0. The Morgan fingerprint density at radius 3 is 2.23 bits per heavy atom. The van der Waals surface area contributed by atoms with Crippen LogP contribution in [-0.2, 0) is 9.59 Å². The summed E-state index contributed by atoms with van der Waals surface area (Å²) in [4.78, 5) is 35.5. The van der Waals surface area contributed by atoms with E-state index in [1.165, 1.54) is 0 Å². The Morgan fingerprint density at radius 1 is 0.846 bits per heavy atom. The zero-order valence-corrected chi connectivity index (χ0v) is 15.0. The van der Waals surface area contributed by atoms with Gasteiger partial charge in [-0.15, -0.1) is 0 Å². The highest BCUT2D eigenvalue weighted by Crippen LogP contribution is 2.15. The molecule has 0 spiro atoms. The summed E-state index contributed by atoms with van der Waals surface area (Å²) in [7, 11) is 0. The topological polar surface area (TPSA) is 87.3 Å². The lowest BCUT2D eigenvalue weighted by molar-refractivity contribution is -0.128. The number of hydrogen-bond acceptors (Lipinski definition) is 4. The number of hydrazine groups is 1. The van der Waals surface area contributed by atoms with E-state index < -0.39 is 5.91 Å². The fraction of sp³-hybridized carbons (Fsp3) is 0.250. The first-order chi connectivity index (χ1) is 12.5. The molecule has 2 aromatic rings. The van der Waals surface area contributed by atoms with Crippen LogP contribution in [0.5, 0.6) is 0 Å². The molecule has 2 rings (SSSR count). The highest BCUT2D eigenvalue weighted by molar-refractivity contribution is 5.98. The maximum atomic E-state index is 11.9. The van der Waals surface area contributed by atoms with Crippen LogP contribution in [0.15, 0.2) is 48.5 Å². The SMILES string of the molecule is Cc1ccc(NCC(=O)NNC(=O)CCC(=O)c2ccccc2)c(C)c1. The normalized spacial score (nSPS) is 10.1. The van der Waals surface area contributed by atoms with Crippen LogP contribution >= 0.6 is 0 Å². The molecule has 2 amide bonds. The number of rotatable bonds is 7. The lowest BCUT2D eigenvalue weighted by Gasteiger charge is -2.11. The number of amides is 2. The van der Waals surface area contributed by atoms with E-state index in [0.29, 0.717) is 5.56 Å². The molecule has 0 fully saturated rings. The standard InChI is InChI=1S/C20H23N3O3/c1-14-8-9-17(15(2)12-14)21-13-20(26)23-22-19(25)11-10-18(24)16-6-4-3-5-7-16/h3-9,12,21H,10-11,13H2,1-2H3,(H,22,25)(H,23,26). The van der Waals surface area contributed by atoms with Crippen molar-refractivity contribution in [1.29, 1.82) is 0 Å². The second kappa shape index (κ2) is 9.36. The molecule has 0 aromatic heterocycles. The third-order valence-electron chi connectivity index (χ3n) is 3.84. The van der Waals surface area contributed by atoms with Gasteiger partial charge in [-0.05, 0) is 25.5 Å². The van der Waals surface area contributed by atoms with E-state index in [2.05, 4.69) is 16.2 Å². The van der Waals surface area contributed by atoms with Gasteiger partial charge in [0.1, 0.15) is 0 Å². The highest BCUT2D eigenvalue weighted by atomic mass is 16.2. The van der Waals surface area contributed by atoms with Crippen LogP contribution in [0.3, 0.4) is 0 Å². The van der Waals surface area contributed by atoms with E-state index in [1.54, 1.807) is 24.3 Å². The second-order valence-electron chi connectivity index (χ2n) is 6.06. The molecule has 0 saturated carbocycles. The van der Waals surface area contributed by atoms with E-state index in [9.17, 15) is 14.4 Å². The van der Waals surface area contributed by atoms with E-state index in [0.717, 1.165) is 16.8 Å². The van der Waals surface area contributed by atoms with Gasteiger partial charge in [0, 0.05) is 24.1 Å². The fourth-order valence-corrected chi connectivity index (χ4v) is 2.43. The summed E-state index contributed by atoms with van der Waals surface area (Å²) in [6.45, 7) is 3.99. The van der Waals surface area contributed by atoms with Crippen molar-refractivity contribution in [2.24, 2.45) is 0 Å². The zero-order valence-electron chi connectivity index (χ0n) is 15.0. The minimum atomic E-state index is -0.408. The number of ketones is 1. The van der Waals surface area contributed by atoms with Crippen LogP contribution < -0.4 is 16.2 Å². The molecule has 0 saturated heterocycles. The number of carbonyl (C=O) groups excluding carboxylic acids is 3. The van der Waals surface area contributed by atoms with E-state index >= 15 is 0 Å². The minimum absolute atomic E-state index is 0.0124. The average molecular weight is 353 g/mol. The summed E-state index contributed by atoms with van der Waals surface area (Å²) in [5.41, 5.74) is 8.28. The number of anilines is 1. The third kappa shape index (κ3) is 6.05. The summed E-state index contributed by atoms with van der Waals surface area (Å²) in [5, 5.41) is 3.02. The molecule has 0 heterocycles. The highest BCUT2D eigenvalue weighted by Gasteiger charge is 2.10. The Morgan fingerprint density at radius 2 is 1.54 bits per heavy atom. The molecule has 2 aromatic carbocycles. The molecule has 136 valence electrons. The number of benzene rings is 2. The van der Waals surface area contributed by atoms with Gasteiger partial charge in [0.2, 0.25) is 5.91 Å². The number of Topliss-reactive ketones (excluding diaryl/α,β-unsaturated/α-hetero) is 1. The Kier molecular flexibility index (Phi) is 6.91. The smallest absolute Gasteiger partial charge is 0.257 e. The molecule has 26 heavy (non-hydrogen) atoms. The minimum Gasteiger partial charge on any atom is -0.376 e. The van der Waals surface area contributed by atoms with Crippen LogP contribution in [0.1, 0.15) is 34.3 Å². The van der Waals surface area contributed by atoms with Crippen LogP contribution in [0.25, 0.3) is 0 Å². The molecule has 3 N–H and O–H groups in total. The second-order valence-corrected chi connectivity index (χ2v) is 6.06. The zero-order chi connectivity index (χ0) is 18.9. The monoisotopic (exact) mass is 353 g/mol. The van der Waals surface area contributed by atoms with Gasteiger partial charge >= 0.3 is 0 Å². The number of nitrogens with one attached hydrogen (secondary N) is 3. The molecule has 6 heteroatoms. The molecular weight excluding hydrogens is 330 g/mol. The molecule has 0 radical (unpaired) electrons. The van der Waals surface area contributed by atoms with Crippen LogP contribution in [0, 0.1) is 13.8 Å². The molecule has 0 aliphatic carbocycles. The molecule has 0 bridgehead atoms. The summed E-state index contributed by atoms with van der Waals surface area (Å²) in [5.74, 6) is -0.884. The molecule has 0 aliphatic rings. The van der Waals surface area contributed by atoms with Crippen molar-refractivity contribution in [3.63, 3.8) is 0 Å². The van der Waals surface area contributed by atoms with E-state index in [1.807, 2.05) is 38.1 Å². The van der Waals surface area contributed by atoms with Gasteiger partial charge in [0.05, 0.1) is 6.54 Å². The lowest BCUT2D eigenvalue weighted by atomic mass is 10.1. The number of hydrogen-bond donors (Lipinski definition) is 3. The van der Waals surface area contributed by atoms with Gasteiger partial charge in [0.25, 0.3) is 5.91 Å². The van der Waals surface area contributed by atoms with Crippen molar-refractivity contribution < 1.29 is 14.4 Å². The number of aryl methyl sites for hydroxylation is 2. The fourth-order valence-electron chi connectivity index (χ4n) is 2.43. The first kappa shape index (κ1) is 19.2. The van der Waals surface area contributed by atoms with Crippen LogP contribution in [0.2, 0.25) is 0 Å². The molecular formula is C20H23N3O3. The Balaban J connectivity index is 1.68. The maximum absolute atomic E-state index is 11.9. The van der Waals surface area contributed by atoms with Gasteiger partial charge < -0.3 is 5.32 Å². The first-order valence-electron chi connectivity index (χ1n) is 8.43. The molecule has 0 atom stereocenters. The van der Waals surface area contributed by atoms with Gasteiger partial charge in [-0.1, -0.05) is 48.0 Å². The van der Waals surface area contributed by atoms with E-state index in [-0.39, 0.29) is 31.1 Å². The van der Waals surface area contributed by atoms with Gasteiger partial charge in [-0.25, -0.2) is 0 Å². The summed E-state index contributed by atoms with van der Waals surface area (Å²) in [6.07, 6.45) is 0.102. The Labute approximate surface area is 153 Å². The summed E-state index contributed by atoms with van der Waals surface area (Å²) in [6, 6.07) is 14.7. The van der Waals surface area contributed by atoms with Crippen LogP contribution in [-0.4, -0.2) is 24.1 Å². The van der Waals surface area contributed by atoms with Gasteiger partial charge in [-0.2, -0.15) is 0 Å². The molecule has 0 aliphatic heterocycles. The third-order valence-corrected chi connectivity index (χ3v) is 3.84. The Bertz CT molecular complexity index is 788. The van der Waals surface area contributed by atoms with E-state index in [4.69, 9.17) is 0 Å². The molecule has 0 unspecified atom stereocenters. The summed E-state index contributed by atoms with van der Waals surface area (Å²) < 4.78 is 0. The van der Waals surface area contributed by atoms with Crippen molar-refractivity contribution >= 4 is 23.3 Å². The van der Waals surface area contributed by atoms with Crippen molar-refractivity contribution in [1.82, 2.24) is 10.9 Å². The quantitative estimate of drug-likeness (QED) is 0.527. The van der Waals surface area contributed by atoms with Gasteiger partial charge in [0.15, 0.2) is 5.78 Å². The van der Waals surface area contributed by atoms with Crippen molar-refractivity contribution in [2.45, 2.75) is 26.7 Å². The lowest BCUT2D eigenvalue weighted by Crippen LogP contribution is -2.44. The average Bonchev–Trinajstić information content (AvgIpc) is 2.64. The van der Waals surface area contributed by atoms with Crippen molar-refractivity contribution in [3.05, 3.63) is 65.2 Å². The predicted octanol–water partition coefficient (Wildman–Crippen LogP) is 2.53. The van der Waals surface area contributed by atoms with Crippen molar-refractivity contribution in [3.8, 4) is 0 Å². The maximum Gasteiger partial charge on any atom is 0.257 e. The largest absolute Gasteiger partial charge is 0.376 e. The number of carbonyl (C=O) groups is 3. The van der Waals surface area contributed by atoms with Crippen LogP contribution in [0.4, 0.5) is 5.69 Å². The predicted molar refractivity (Wildman–Crippen MR) is 101 cm³/mol. The Hall–Kier alpha value is -3.15. The van der Waals surface area contributed by atoms with Gasteiger partial charge in [-0.3, -0.25) is 25.2 Å².